The number of rotatable bonds is 12. The first-order valence-corrected chi connectivity index (χ1v) is 14.4. The zero-order valence-electron chi connectivity index (χ0n) is 24.7. The summed E-state index contributed by atoms with van der Waals surface area (Å²) in [7, 11) is 1.65. The van der Waals surface area contributed by atoms with Crippen LogP contribution in [0.4, 0.5) is 9.18 Å². The topological polar surface area (TPSA) is 109 Å². The summed E-state index contributed by atoms with van der Waals surface area (Å²) in [5, 5.41) is 5.69. The van der Waals surface area contributed by atoms with Crippen LogP contribution in [0, 0.1) is 18.2 Å². The summed E-state index contributed by atoms with van der Waals surface area (Å²) < 4.78 is 31.1. The van der Waals surface area contributed by atoms with E-state index in [4.69, 9.17) is 20.6 Å². The van der Waals surface area contributed by atoms with Gasteiger partial charge in [0.2, 0.25) is 11.8 Å². The van der Waals surface area contributed by atoms with Gasteiger partial charge in [0, 0.05) is 6.54 Å². The highest BCUT2D eigenvalue weighted by atomic mass is 19.1. The third kappa shape index (κ3) is 7.90. The maximum absolute atomic E-state index is 14.1. The number of hydrogen-bond acceptors (Lipinski definition) is 7. The monoisotopic (exact) mass is 594 g/mol. The van der Waals surface area contributed by atoms with Crippen LogP contribution in [0.25, 0.3) is 0 Å². The lowest BCUT2D eigenvalue weighted by molar-refractivity contribution is -0.143. The third-order valence-electron chi connectivity index (χ3n) is 7.97. The van der Waals surface area contributed by atoms with E-state index < -0.39 is 36.4 Å². The molecule has 0 unspecified atom stereocenters. The normalized spacial score (nSPS) is 21.4. The van der Waals surface area contributed by atoms with Gasteiger partial charge in [0.1, 0.15) is 25.1 Å². The molecule has 230 valence electrons. The van der Waals surface area contributed by atoms with Gasteiger partial charge in [0.15, 0.2) is 0 Å². The van der Waals surface area contributed by atoms with Crippen molar-refractivity contribution in [3.8, 4) is 12.3 Å². The van der Waals surface area contributed by atoms with Crippen LogP contribution in [0.5, 0.6) is 0 Å². The second-order valence-corrected chi connectivity index (χ2v) is 10.8. The number of benzene rings is 2. The van der Waals surface area contributed by atoms with Crippen molar-refractivity contribution in [1.82, 2.24) is 20.4 Å². The van der Waals surface area contributed by atoms with Crippen molar-refractivity contribution in [3.05, 3.63) is 71.5 Å². The smallest absolute Gasteiger partial charge is 0.410 e. The Labute approximate surface area is 251 Å². The van der Waals surface area contributed by atoms with Crippen molar-refractivity contribution >= 4 is 17.9 Å². The molecule has 0 radical (unpaired) electrons. The van der Waals surface area contributed by atoms with Gasteiger partial charge in [-0.15, -0.1) is 6.42 Å². The summed E-state index contributed by atoms with van der Waals surface area (Å²) in [4.78, 5) is 43.5. The average molecular weight is 595 g/mol. The summed E-state index contributed by atoms with van der Waals surface area (Å²) >= 11 is 0. The standard InChI is InChI=1S/C32H39FN4O6/c1-5-17-41-22(3)28(35-30(38)21(2)34-4)31(39)36-16-15-26-29(36)27(42-19-24-11-13-25(33)14-12-24)18-37(26)32(40)43-20-23-9-7-6-8-10-23/h1,6-14,21-22,26-29,34H,15-20H2,2-4H3,(H,35,38)/t21-,22+,26+,27-,28-,29-/m0/s1. The van der Waals surface area contributed by atoms with Crippen LogP contribution in [-0.4, -0.2) is 90.8 Å². The molecule has 10 nitrogen and oxygen atoms in total. The van der Waals surface area contributed by atoms with E-state index in [2.05, 4.69) is 16.6 Å². The Kier molecular flexibility index (Phi) is 11.1. The number of fused-ring (bicyclic) bond motifs is 1. The third-order valence-corrected chi connectivity index (χ3v) is 7.97. The highest BCUT2D eigenvalue weighted by molar-refractivity contribution is 5.90. The van der Waals surface area contributed by atoms with Crippen molar-refractivity contribution in [1.29, 1.82) is 0 Å². The molecule has 2 heterocycles. The molecule has 0 aliphatic carbocycles. The number of halogens is 1. The summed E-state index contributed by atoms with van der Waals surface area (Å²) in [6, 6.07) is 12.9. The maximum Gasteiger partial charge on any atom is 0.410 e. The Morgan fingerprint density at radius 2 is 1.74 bits per heavy atom. The number of ether oxygens (including phenoxy) is 3. The van der Waals surface area contributed by atoms with Gasteiger partial charge in [-0.25, -0.2) is 9.18 Å². The predicted molar refractivity (Wildman–Crippen MR) is 157 cm³/mol. The zero-order chi connectivity index (χ0) is 30.9. The molecular formula is C32H39FN4O6. The van der Waals surface area contributed by atoms with Gasteiger partial charge in [-0.05, 0) is 50.6 Å². The van der Waals surface area contributed by atoms with E-state index in [0.717, 1.165) is 11.1 Å². The fraction of sp³-hybridized carbons (Fsp3) is 0.469. The van der Waals surface area contributed by atoms with E-state index in [9.17, 15) is 18.8 Å². The summed E-state index contributed by atoms with van der Waals surface area (Å²) in [5.74, 6) is 1.32. The molecule has 3 amide bonds. The van der Waals surface area contributed by atoms with E-state index in [-0.39, 0.29) is 50.0 Å². The molecule has 0 saturated carbocycles. The van der Waals surface area contributed by atoms with E-state index in [1.807, 2.05) is 30.3 Å². The molecule has 2 aliphatic rings. The van der Waals surface area contributed by atoms with Crippen LogP contribution in [-0.2, 0) is 37.0 Å². The Bertz CT molecular complexity index is 1290. The van der Waals surface area contributed by atoms with Crippen molar-refractivity contribution in [2.75, 3.05) is 26.7 Å². The number of nitrogens with one attached hydrogen (secondary N) is 2. The highest BCUT2D eigenvalue weighted by Gasteiger charge is 2.54. The lowest BCUT2D eigenvalue weighted by atomic mass is 10.1. The number of carbonyl (C=O) groups excluding carboxylic acids is 3. The first-order valence-electron chi connectivity index (χ1n) is 14.4. The van der Waals surface area contributed by atoms with Gasteiger partial charge in [-0.2, -0.15) is 0 Å². The molecule has 4 rings (SSSR count). The Morgan fingerprint density at radius 3 is 2.42 bits per heavy atom. The van der Waals surface area contributed by atoms with Crippen LogP contribution in [0.15, 0.2) is 54.6 Å². The second kappa shape index (κ2) is 15.0. The number of amides is 3. The van der Waals surface area contributed by atoms with Gasteiger partial charge in [-0.1, -0.05) is 48.4 Å². The average Bonchev–Trinajstić information content (AvgIpc) is 3.62. The molecule has 0 aromatic heterocycles. The first kappa shape index (κ1) is 31.9. The molecule has 43 heavy (non-hydrogen) atoms. The first-order chi connectivity index (χ1) is 20.7. The fourth-order valence-corrected chi connectivity index (χ4v) is 5.47. The molecule has 0 bridgehead atoms. The minimum absolute atomic E-state index is 0.0289. The van der Waals surface area contributed by atoms with E-state index in [1.165, 1.54) is 12.1 Å². The lowest BCUT2D eigenvalue weighted by Gasteiger charge is -2.34. The number of hydrogen-bond donors (Lipinski definition) is 2. The minimum atomic E-state index is -1.02. The minimum Gasteiger partial charge on any atom is -0.445 e. The summed E-state index contributed by atoms with van der Waals surface area (Å²) in [6.45, 7) is 4.14. The number of carbonyl (C=O) groups is 3. The molecule has 2 aromatic carbocycles. The number of likely N-dealkylation sites (N-methyl/N-ethyl adjacent to an activating group) is 1. The van der Waals surface area contributed by atoms with Gasteiger partial charge >= 0.3 is 6.09 Å². The Hall–Kier alpha value is -3.98. The molecular weight excluding hydrogens is 555 g/mol. The van der Waals surface area contributed by atoms with Crippen molar-refractivity contribution in [3.63, 3.8) is 0 Å². The number of terminal acetylenes is 1. The van der Waals surface area contributed by atoms with Crippen LogP contribution in [0.3, 0.4) is 0 Å². The van der Waals surface area contributed by atoms with Crippen molar-refractivity contribution < 1.29 is 33.0 Å². The summed E-state index contributed by atoms with van der Waals surface area (Å²) in [5.41, 5.74) is 1.61. The maximum atomic E-state index is 14.1. The van der Waals surface area contributed by atoms with E-state index in [1.54, 1.807) is 42.8 Å². The van der Waals surface area contributed by atoms with Crippen LogP contribution >= 0.6 is 0 Å². The quantitative estimate of drug-likeness (QED) is 0.364. The lowest BCUT2D eigenvalue weighted by Crippen LogP contribution is -2.59. The molecule has 2 aliphatic heterocycles. The predicted octanol–water partition coefficient (Wildman–Crippen LogP) is 2.46. The molecule has 11 heteroatoms. The molecule has 6 atom stereocenters. The SMILES string of the molecule is C#CCO[C@H](C)[C@H](NC(=O)[C@H](C)NC)C(=O)N1CC[C@@H]2[C@H]1[C@@H](OCc1ccc(F)cc1)CN2C(=O)OCc1ccccc1. The van der Waals surface area contributed by atoms with Gasteiger partial charge < -0.3 is 34.6 Å². The van der Waals surface area contributed by atoms with Crippen LogP contribution in [0.1, 0.15) is 31.4 Å². The van der Waals surface area contributed by atoms with Gasteiger partial charge in [-0.3, -0.25) is 9.59 Å². The van der Waals surface area contributed by atoms with E-state index in [0.29, 0.717) is 13.0 Å². The Morgan fingerprint density at radius 1 is 1.05 bits per heavy atom. The molecule has 2 aromatic rings. The molecule has 2 saturated heterocycles. The molecule has 0 spiro atoms. The second-order valence-electron chi connectivity index (χ2n) is 10.8. The molecule has 2 N–H and O–H groups in total. The largest absolute Gasteiger partial charge is 0.445 e. The fourth-order valence-electron chi connectivity index (χ4n) is 5.47. The van der Waals surface area contributed by atoms with Gasteiger partial charge in [0.05, 0.1) is 43.5 Å². The summed E-state index contributed by atoms with van der Waals surface area (Å²) in [6.07, 6.45) is 4.10. The van der Waals surface area contributed by atoms with Gasteiger partial charge in [0.25, 0.3) is 0 Å². The van der Waals surface area contributed by atoms with Crippen molar-refractivity contribution in [2.45, 2.75) is 69.9 Å². The van der Waals surface area contributed by atoms with E-state index >= 15 is 0 Å². The van der Waals surface area contributed by atoms with Crippen molar-refractivity contribution in [2.24, 2.45) is 0 Å². The molecule has 2 fully saturated rings. The highest BCUT2D eigenvalue weighted by Crippen LogP contribution is 2.35. The zero-order valence-corrected chi connectivity index (χ0v) is 24.7. The van der Waals surface area contributed by atoms with Crippen LogP contribution < -0.4 is 10.6 Å². The number of nitrogens with zero attached hydrogens (tertiary/aromatic N) is 2. The van der Waals surface area contributed by atoms with Crippen LogP contribution in [0.2, 0.25) is 0 Å². The number of likely N-dealkylation sites (tertiary alicyclic amines) is 2. The Balaban J connectivity index is 1.55.